The van der Waals surface area contributed by atoms with Crippen LogP contribution in [0.3, 0.4) is 0 Å². The fraction of sp³-hybridized carbons (Fsp3) is 0.319. The lowest BCUT2D eigenvalue weighted by molar-refractivity contribution is -0.137. The summed E-state index contributed by atoms with van der Waals surface area (Å²) in [7, 11) is 0. The van der Waals surface area contributed by atoms with Crippen LogP contribution in [0.1, 0.15) is 62.6 Å². The third-order valence-electron chi connectivity index (χ3n) is 9.52. The quantitative estimate of drug-likeness (QED) is 0.0228. The van der Waals surface area contributed by atoms with Gasteiger partial charge in [0.1, 0.15) is 41.8 Å². The Kier molecular flexibility index (Phi) is 14.8. The number of epoxide rings is 1. The molecule has 57 heavy (non-hydrogen) atoms. The molecule has 1 N–H and O–H groups in total. The molecule has 0 aliphatic carbocycles. The van der Waals surface area contributed by atoms with Gasteiger partial charge in [-0.15, -0.1) is 0 Å². The van der Waals surface area contributed by atoms with Gasteiger partial charge < -0.3 is 38.6 Å². The summed E-state index contributed by atoms with van der Waals surface area (Å²) in [4.78, 5) is 11.1. The zero-order valence-corrected chi connectivity index (χ0v) is 34.2. The van der Waals surface area contributed by atoms with Gasteiger partial charge >= 0.3 is 5.97 Å². The van der Waals surface area contributed by atoms with E-state index in [4.69, 9.17) is 38.6 Å². The zero-order valence-electron chi connectivity index (χ0n) is 32.6. The molecule has 6 rings (SSSR count). The van der Waals surface area contributed by atoms with Crippen molar-refractivity contribution in [3.05, 3.63) is 131 Å². The number of unbranched alkanes of at least 4 members (excludes halogenated alkanes) is 3. The van der Waals surface area contributed by atoms with E-state index in [-0.39, 0.29) is 17.9 Å². The molecule has 0 spiro atoms. The van der Waals surface area contributed by atoms with E-state index in [1.54, 1.807) is 0 Å². The smallest absolute Gasteiger partial charge is 0.330 e. The summed E-state index contributed by atoms with van der Waals surface area (Å²) in [5, 5.41) is 10.2. The van der Waals surface area contributed by atoms with Crippen LogP contribution < -0.4 is 18.9 Å². The Morgan fingerprint density at radius 3 is 1.93 bits per heavy atom. The summed E-state index contributed by atoms with van der Waals surface area (Å²) < 4.78 is 41.1. The number of hydrogen-bond acceptors (Lipinski definition) is 9. The molecular weight excluding hydrogens is 786 g/mol. The van der Waals surface area contributed by atoms with Crippen molar-refractivity contribution in [3.63, 3.8) is 0 Å². The Balaban J connectivity index is 0.950. The minimum atomic E-state index is -0.377. The summed E-state index contributed by atoms with van der Waals surface area (Å²) in [6.07, 6.45) is 6.94. The first-order valence-corrected chi connectivity index (χ1v) is 20.2. The maximum Gasteiger partial charge on any atom is 0.330 e. The highest BCUT2D eigenvalue weighted by molar-refractivity contribution is 9.10. The molecule has 0 aromatic heterocycles. The SMILES string of the molecule is C=CC(=O)OCCCCCCOc1ccc(COc2ccc(-c3ccc4c(Br)c(OCc5ccc(OCCCOC6OC6(C)C)cc5)ccc4c3)cc2C=N)cc1. The predicted octanol–water partition coefficient (Wildman–Crippen LogP) is 11.0. The monoisotopic (exact) mass is 835 g/mol. The first-order chi connectivity index (χ1) is 27.7. The van der Waals surface area contributed by atoms with Gasteiger partial charge in [-0.05, 0) is 137 Å². The van der Waals surface area contributed by atoms with E-state index < -0.39 is 0 Å². The van der Waals surface area contributed by atoms with Gasteiger partial charge in [0.05, 0.1) is 30.9 Å². The first-order valence-electron chi connectivity index (χ1n) is 19.4. The Hall–Kier alpha value is -5.16. The number of halogens is 1. The molecular formula is C47H50BrNO8. The Morgan fingerprint density at radius 1 is 0.719 bits per heavy atom. The molecule has 1 aliphatic heterocycles. The van der Waals surface area contributed by atoms with E-state index in [9.17, 15) is 4.79 Å². The van der Waals surface area contributed by atoms with Crippen LogP contribution in [0.5, 0.6) is 23.0 Å². The third-order valence-corrected chi connectivity index (χ3v) is 10.3. The van der Waals surface area contributed by atoms with Crippen molar-refractivity contribution < 1.29 is 38.0 Å². The van der Waals surface area contributed by atoms with Crippen LogP contribution in [0, 0.1) is 5.41 Å². The van der Waals surface area contributed by atoms with Crippen molar-refractivity contribution >= 4 is 38.9 Å². The molecule has 9 nitrogen and oxygen atoms in total. The molecule has 10 heteroatoms. The van der Waals surface area contributed by atoms with Gasteiger partial charge in [-0.2, -0.15) is 0 Å². The number of benzene rings is 5. The molecule has 5 aromatic carbocycles. The molecule has 1 unspecified atom stereocenters. The van der Waals surface area contributed by atoms with Crippen LogP contribution in [-0.4, -0.2) is 50.5 Å². The summed E-state index contributed by atoms with van der Waals surface area (Å²) in [6.45, 7) is 10.5. The van der Waals surface area contributed by atoms with Crippen LogP contribution in [0.2, 0.25) is 0 Å². The Labute approximate surface area is 343 Å². The molecule has 1 saturated heterocycles. The summed E-state index contributed by atoms with van der Waals surface area (Å²) in [6, 6.07) is 32.1. The highest BCUT2D eigenvalue weighted by Gasteiger charge is 2.49. The van der Waals surface area contributed by atoms with Crippen LogP contribution in [0.25, 0.3) is 21.9 Å². The van der Waals surface area contributed by atoms with Gasteiger partial charge in [-0.25, -0.2) is 4.79 Å². The second-order valence-electron chi connectivity index (χ2n) is 14.3. The first kappa shape index (κ1) is 41.5. The number of nitrogens with one attached hydrogen (secondary N) is 1. The lowest BCUT2D eigenvalue weighted by atomic mass is 9.99. The molecule has 1 aliphatic rings. The van der Waals surface area contributed by atoms with Gasteiger partial charge in [0, 0.05) is 24.3 Å². The summed E-state index contributed by atoms with van der Waals surface area (Å²) in [5.74, 6) is 2.66. The van der Waals surface area contributed by atoms with Gasteiger partial charge in [0.25, 0.3) is 0 Å². The number of esters is 1. The van der Waals surface area contributed by atoms with Crippen LogP contribution in [0.4, 0.5) is 0 Å². The highest BCUT2D eigenvalue weighted by atomic mass is 79.9. The predicted molar refractivity (Wildman–Crippen MR) is 227 cm³/mol. The van der Waals surface area contributed by atoms with Crippen molar-refractivity contribution in [2.24, 2.45) is 0 Å². The van der Waals surface area contributed by atoms with Crippen molar-refractivity contribution in [1.29, 1.82) is 5.41 Å². The number of rotatable bonds is 23. The summed E-state index contributed by atoms with van der Waals surface area (Å²) >= 11 is 3.78. The van der Waals surface area contributed by atoms with Crippen molar-refractivity contribution in [1.82, 2.24) is 0 Å². The fourth-order valence-electron chi connectivity index (χ4n) is 6.12. The van der Waals surface area contributed by atoms with Crippen molar-refractivity contribution in [2.75, 3.05) is 26.4 Å². The van der Waals surface area contributed by atoms with Gasteiger partial charge in [-0.3, -0.25) is 0 Å². The maximum atomic E-state index is 11.1. The molecule has 1 atom stereocenters. The van der Waals surface area contributed by atoms with Crippen LogP contribution >= 0.6 is 15.9 Å². The number of carbonyl (C=O) groups excluding carboxylic acids is 1. The number of hydrogen-bond donors (Lipinski definition) is 1. The van der Waals surface area contributed by atoms with Crippen LogP contribution in [0.15, 0.2) is 114 Å². The molecule has 0 amide bonds. The zero-order chi connectivity index (χ0) is 40.0. The largest absolute Gasteiger partial charge is 0.494 e. The number of fused-ring (bicyclic) bond motifs is 1. The van der Waals surface area contributed by atoms with E-state index in [1.165, 1.54) is 12.3 Å². The molecule has 0 bridgehead atoms. The van der Waals surface area contributed by atoms with Crippen molar-refractivity contribution in [3.8, 4) is 34.1 Å². The molecule has 1 heterocycles. The second kappa shape index (κ2) is 20.3. The minimum absolute atomic E-state index is 0.0999. The van der Waals surface area contributed by atoms with E-state index in [2.05, 4.69) is 46.8 Å². The average molecular weight is 837 g/mol. The average Bonchev–Trinajstić information content (AvgIpc) is 3.86. The Bertz CT molecular complexity index is 2120. The lowest BCUT2D eigenvalue weighted by Crippen LogP contribution is -2.10. The summed E-state index contributed by atoms with van der Waals surface area (Å²) in [5.41, 5.74) is 4.63. The van der Waals surface area contributed by atoms with E-state index in [0.29, 0.717) is 51.0 Å². The van der Waals surface area contributed by atoms with Crippen molar-refractivity contribution in [2.45, 2.75) is 71.1 Å². The molecule has 298 valence electrons. The Morgan fingerprint density at radius 2 is 1.30 bits per heavy atom. The molecule has 0 radical (unpaired) electrons. The van der Waals surface area contributed by atoms with E-state index in [1.807, 2.05) is 86.6 Å². The van der Waals surface area contributed by atoms with Gasteiger partial charge in [0.2, 0.25) is 0 Å². The fourth-order valence-corrected chi connectivity index (χ4v) is 6.72. The normalized spacial score (nSPS) is 14.1. The number of carbonyl (C=O) groups is 1. The topological polar surface area (TPSA) is 109 Å². The van der Waals surface area contributed by atoms with Gasteiger partial charge in [-0.1, -0.05) is 55.1 Å². The molecule has 1 fully saturated rings. The lowest BCUT2D eigenvalue weighted by Gasteiger charge is -2.13. The van der Waals surface area contributed by atoms with E-state index >= 15 is 0 Å². The standard InChI is InChI=1S/C47H50BrNO8/c1-4-44(50)53-25-8-6-5-7-24-51-39-17-10-33(11-18-39)31-55-42-22-15-36(29-38(42)30-49)35-14-21-41-37(28-35)16-23-43(45(41)48)56-32-34-12-19-40(20-13-34)52-26-9-27-54-46-47(2,3)57-46/h4,10-23,28-30,46,49H,1,5-9,24-27,31-32H2,2-3H3. The van der Waals surface area contributed by atoms with Crippen LogP contribution in [-0.2, 0) is 32.2 Å². The molecule has 0 saturated carbocycles. The van der Waals surface area contributed by atoms with E-state index in [0.717, 1.165) is 86.9 Å². The second-order valence-corrected chi connectivity index (χ2v) is 15.1. The maximum absolute atomic E-state index is 11.1. The molecule has 5 aromatic rings. The minimum Gasteiger partial charge on any atom is -0.494 e. The number of ether oxygens (including phenoxy) is 7. The van der Waals surface area contributed by atoms with Gasteiger partial charge in [0.15, 0.2) is 6.29 Å². The highest BCUT2D eigenvalue weighted by Crippen LogP contribution is 2.37. The third kappa shape index (κ3) is 12.2.